The predicted octanol–water partition coefficient (Wildman–Crippen LogP) is 3.12. The first-order valence-electron chi connectivity index (χ1n) is 6.32. The van der Waals surface area contributed by atoms with Gasteiger partial charge in [-0.3, -0.25) is 4.68 Å². The van der Waals surface area contributed by atoms with Gasteiger partial charge in [-0.2, -0.15) is 5.10 Å². The van der Waals surface area contributed by atoms with E-state index >= 15 is 0 Å². The van der Waals surface area contributed by atoms with Gasteiger partial charge in [0.15, 0.2) is 0 Å². The van der Waals surface area contributed by atoms with Crippen LogP contribution in [0.5, 0.6) is 0 Å². The maximum atomic E-state index is 13.6. The molecule has 2 aromatic rings. The topological polar surface area (TPSA) is 43.8 Å². The third-order valence-electron chi connectivity index (χ3n) is 3.04. The van der Waals surface area contributed by atoms with Crippen molar-refractivity contribution in [2.24, 2.45) is 5.73 Å². The minimum absolute atomic E-state index is 0.180. The fourth-order valence-electron chi connectivity index (χ4n) is 2.01. The Kier molecular flexibility index (Phi) is 4.13. The van der Waals surface area contributed by atoms with E-state index in [4.69, 9.17) is 5.73 Å². The Morgan fingerprint density at radius 2 is 1.80 bits per heavy atom. The van der Waals surface area contributed by atoms with Crippen LogP contribution in [-0.4, -0.2) is 9.78 Å². The average Bonchev–Trinajstić information content (AvgIpc) is 2.75. The highest BCUT2D eigenvalue weighted by Crippen LogP contribution is 2.23. The summed E-state index contributed by atoms with van der Waals surface area (Å²) in [7, 11) is 0. The predicted molar refractivity (Wildman–Crippen MR) is 69.6 cm³/mol. The average molecular weight is 283 g/mol. The quantitative estimate of drug-likeness (QED) is 0.937. The number of hydrogen-bond acceptors (Lipinski definition) is 2. The zero-order valence-corrected chi connectivity index (χ0v) is 11.3. The number of hydrogen-bond donors (Lipinski definition) is 1. The molecule has 0 aliphatic heterocycles. The van der Waals surface area contributed by atoms with Gasteiger partial charge in [-0.05, 0) is 19.9 Å². The Labute approximate surface area is 115 Å². The normalized spacial score (nSPS) is 12.9. The molecule has 6 heteroatoms. The van der Waals surface area contributed by atoms with E-state index in [9.17, 15) is 13.2 Å². The van der Waals surface area contributed by atoms with Crippen LogP contribution in [0.25, 0.3) is 0 Å². The van der Waals surface area contributed by atoms with E-state index in [1.165, 1.54) is 0 Å². The molecule has 0 aliphatic rings. The summed E-state index contributed by atoms with van der Waals surface area (Å²) in [4.78, 5) is 0. The summed E-state index contributed by atoms with van der Waals surface area (Å²) in [6.45, 7) is 3.94. The molecule has 108 valence electrons. The lowest BCUT2D eigenvalue weighted by molar-refractivity contribution is 0.494. The lowest BCUT2D eigenvalue weighted by atomic mass is 10.0. The molecule has 1 aromatic heterocycles. The molecule has 2 rings (SSSR count). The van der Waals surface area contributed by atoms with Crippen molar-refractivity contribution >= 4 is 0 Å². The molecule has 20 heavy (non-hydrogen) atoms. The van der Waals surface area contributed by atoms with Gasteiger partial charge in [0.05, 0.1) is 5.69 Å². The van der Waals surface area contributed by atoms with Gasteiger partial charge in [-0.1, -0.05) is 0 Å². The molecule has 0 fully saturated rings. The molecule has 0 aliphatic carbocycles. The summed E-state index contributed by atoms with van der Waals surface area (Å²) in [6.07, 6.45) is 1.96. The van der Waals surface area contributed by atoms with E-state index in [1.54, 1.807) is 16.9 Å². The highest BCUT2D eigenvalue weighted by molar-refractivity contribution is 5.25. The third-order valence-corrected chi connectivity index (χ3v) is 3.04. The Bertz CT molecular complexity index is 584. The SMILES string of the molecule is CC(C)n1ccc(CC(N)c2c(F)cc(F)cc2F)n1. The van der Waals surface area contributed by atoms with Crippen molar-refractivity contribution in [3.8, 4) is 0 Å². The van der Waals surface area contributed by atoms with E-state index in [1.807, 2.05) is 13.8 Å². The summed E-state index contributed by atoms with van der Waals surface area (Å²) < 4.78 is 41.8. The maximum Gasteiger partial charge on any atom is 0.133 e. The van der Waals surface area contributed by atoms with Crippen LogP contribution in [0.3, 0.4) is 0 Å². The molecule has 0 saturated carbocycles. The molecule has 2 N–H and O–H groups in total. The zero-order chi connectivity index (χ0) is 14.9. The lowest BCUT2D eigenvalue weighted by Crippen LogP contribution is -2.18. The van der Waals surface area contributed by atoms with Crippen LogP contribution in [0.2, 0.25) is 0 Å². The van der Waals surface area contributed by atoms with Gasteiger partial charge in [0.25, 0.3) is 0 Å². The first kappa shape index (κ1) is 14.6. The second-order valence-corrected chi connectivity index (χ2v) is 4.97. The lowest BCUT2D eigenvalue weighted by Gasteiger charge is -2.13. The van der Waals surface area contributed by atoms with Crippen molar-refractivity contribution in [2.75, 3.05) is 0 Å². The largest absolute Gasteiger partial charge is 0.323 e. The third kappa shape index (κ3) is 3.01. The van der Waals surface area contributed by atoms with Crippen LogP contribution in [0, 0.1) is 17.5 Å². The number of rotatable bonds is 4. The Balaban J connectivity index is 2.21. The van der Waals surface area contributed by atoms with E-state index < -0.39 is 23.5 Å². The smallest absolute Gasteiger partial charge is 0.133 e. The van der Waals surface area contributed by atoms with Gasteiger partial charge in [0, 0.05) is 42.4 Å². The summed E-state index contributed by atoms with van der Waals surface area (Å²) in [5.41, 5.74) is 6.13. The van der Waals surface area contributed by atoms with Crippen LogP contribution in [-0.2, 0) is 6.42 Å². The van der Waals surface area contributed by atoms with Crippen molar-refractivity contribution in [2.45, 2.75) is 32.4 Å². The molecule has 1 atom stereocenters. The molecule has 0 bridgehead atoms. The first-order chi connectivity index (χ1) is 9.38. The van der Waals surface area contributed by atoms with Crippen molar-refractivity contribution in [1.29, 1.82) is 0 Å². The number of aromatic nitrogens is 2. The fourth-order valence-corrected chi connectivity index (χ4v) is 2.01. The minimum Gasteiger partial charge on any atom is -0.323 e. The monoisotopic (exact) mass is 283 g/mol. The molecule has 0 spiro atoms. The van der Waals surface area contributed by atoms with E-state index in [-0.39, 0.29) is 18.0 Å². The van der Waals surface area contributed by atoms with Crippen molar-refractivity contribution < 1.29 is 13.2 Å². The number of nitrogens with zero attached hydrogens (tertiary/aromatic N) is 2. The molecular weight excluding hydrogens is 267 g/mol. The second-order valence-electron chi connectivity index (χ2n) is 4.97. The molecule has 1 heterocycles. The first-order valence-corrected chi connectivity index (χ1v) is 6.32. The van der Waals surface area contributed by atoms with Gasteiger partial charge in [0.2, 0.25) is 0 Å². The molecule has 1 aromatic carbocycles. The van der Waals surface area contributed by atoms with Crippen LogP contribution < -0.4 is 5.73 Å². The number of nitrogens with two attached hydrogens (primary N) is 1. The van der Waals surface area contributed by atoms with E-state index in [2.05, 4.69) is 5.10 Å². The maximum absolute atomic E-state index is 13.6. The molecular formula is C14H16F3N3. The summed E-state index contributed by atoms with van der Waals surface area (Å²) >= 11 is 0. The van der Waals surface area contributed by atoms with Crippen LogP contribution in [0.4, 0.5) is 13.2 Å². The van der Waals surface area contributed by atoms with Gasteiger partial charge in [-0.25, -0.2) is 13.2 Å². The molecule has 1 unspecified atom stereocenters. The highest BCUT2D eigenvalue weighted by Gasteiger charge is 2.19. The van der Waals surface area contributed by atoms with Crippen molar-refractivity contribution in [3.05, 3.63) is 53.1 Å². The molecule has 0 amide bonds. The van der Waals surface area contributed by atoms with Crippen molar-refractivity contribution in [3.63, 3.8) is 0 Å². The molecule has 0 saturated heterocycles. The standard InChI is InChI=1S/C14H16F3N3/c1-8(2)20-4-3-10(19-20)7-13(18)14-11(16)5-9(15)6-12(14)17/h3-6,8,13H,7,18H2,1-2H3. The Hall–Kier alpha value is -1.82. The van der Waals surface area contributed by atoms with Gasteiger partial charge in [0.1, 0.15) is 17.5 Å². The minimum atomic E-state index is -0.974. The van der Waals surface area contributed by atoms with Crippen LogP contribution in [0.15, 0.2) is 24.4 Å². The summed E-state index contributed by atoms with van der Waals surface area (Å²) in [6, 6.07) is 2.29. The van der Waals surface area contributed by atoms with Crippen molar-refractivity contribution in [1.82, 2.24) is 9.78 Å². The van der Waals surface area contributed by atoms with E-state index in [0.717, 1.165) is 0 Å². The Morgan fingerprint density at radius 3 is 2.30 bits per heavy atom. The van der Waals surface area contributed by atoms with Crippen LogP contribution >= 0.6 is 0 Å². The molecule has 3 nitrogen and oxygen atoms in total. The van der Waals surface area contributed by atoms with Gasteiger partial charge in [-0.15, -0.1) is 0 Å². The Morgan fingerprint density at radius 1 is 1.20 bits per heavy atom. The van der Waals surface area contributed by atoms with E-state index in [0.29, 0.717) is 17.8 Å². The second kappa shape index (κ2) is 5.66. The van der Waals surface area contributed by atoms with Gasteiger partial charge < -0.3 is 5.73 Å². The molecule has 0 radical (unpaired) electrons. The summed E-state index contributed by atoms with van der Waals surface area (Å²) in [5.74, 6) is -2.91. The van der Waals surface area contributed by atoms with Crippen LogP contribution in [0.1, 0.15) is 37.2 Å². The fraction of sp³-hybridized carbons (Fsp3) is 0.357. The summed E-state index contributed by atoms with van der Waals surface area (Å²) in [5, 5.41) is 4.27. The van der Waals surface area contributed by atoms with Gasteiger partial charge >= 0.3 is 0 Å². The highest BCUT2D eigenvalue weighted by atomic mass is 19.1. The number of benzene rings is 1. The zero-order valence-electron chi connectivity index (χ0n) is 11.3. The number of halogens is 3.